The standard InChI is InChI=1S/C13H23F3N2O/c1-8-6-11(17)12(18-8)7-19-10-4-2-9(3-5-10)13(14,15)16/h8-12,18H,2-7,17H2,1H3/t8-,9?,10?,11+,12+/m1/s1. The second-order valence-electron chi connectivity index (χ2n) is 5.92. The van der Waals surface area contributed by atoms with Gasteiger partial charge in [0, 0.05) is 18.1 Å². The van der Waals surface area contributed by atoms with Crippen LogP contribution in [0.3, 0.4) is 0 Å². The molecule has 0 spiro atoms. The molecule has 2 rings (SSSR count). The summed E-state index contributed by atoms with van der Waals surface area (Å²) >= 11 is 0. The van der Waals surface area contributed by atoms with Crippen LogP contribution in [0.4, 0.5) is 13.2 Å². The maximum atomic E-state index is 12.5. The minimum Gasteiger partial charge on any atom is -0.377 e. The first-order valence-electron chi connectivity index (χ1n) is 7.06. The van der Waals surface area contributed by atoms with Gasteiger partial charge in [0.1, 0.15) is 0 Å². The topological polar surface area (TPSA) is 47.3 Å². The number of ether oxygens (including phenoxy) is 1. The molecular weight excluding hydrogens is 257 g/mol. The van der Waals surface area contributed by atoms with Crippen molar-refractivity contribution in [1.29, 1.82) is 0 Å². The minimum absolute atomic E-state index is 0.0384. The Morgan fingerprint density at radius 2 is 1.84 bits per heavy atom. The van der Waals surface area contributed by atoms with Gasteiger partial charge in [0.25, 0.3) is 0 Å². The molecule has 0 bridgehead atoms. The van der Waals surface area contributed by atoms with Gasteiger partial charge in [-0.2, -0.15) is 13.2 Å². The van der Waals surface area contributed by atoms with E-state index in [9.17, 15) is 13.2 Å². The fourth-order valence-corrected chi connectivity index (χ4v) is 3.10. The van der Waals surface area contributed by atoms with E-state index in [1.54, 1.807) is 0 Å². The summed E-state index contributed by atoms with van der Waals surface area (Å²) in [6, 6.07) is 0.612. The number of nitrogens with one attached hydrogen (secondary N) is 1. The van der Waals surface area contributed by atoms with Crippen LogP contribution in [0.5, 0.6) is 0 Å². The summed E-state index contributed by atoms with van der Waals surface area (Å²) in [5.74, 6) is -1.14. The van der Waals surface area contributed by atoms with Crippen molar-refractivity contribution in [3.05, 3.63) is 0 Å². The molecule has 2 fully saturated rings. The smallest absolute Gasteiger partial charge is 0.377 e. The highest BCUT2D eigenvalue weighted by Gasteiger charge is 2.41. The van der Waals surface area contributed by atoms with Crippen LogP contribution >= 0.6 is 0 Å². The summed E-state index contributed by atoms with van der Waals surface area (Å²) in [5.41, 5.74) is 5.97. The second-order valence-corrected chi connectivity index (χ2v) is 5.92. The van der Waals surface area contributed by atoms with E-state index in [1.165, 1.54) is 0 Å². The lowest BCUT2D eigenvalue weighted by Crippen LogP contribution is -2.42. The maximum absolute atomic E-state index is 12.5. The van der Waals surface area contributed by atoms with Gasteiger partial charge >= 0.3 is 6.18 Å². The maximum Gasteiger partial charge on any atom is 0.391 e. The molecule has 1 heterocycles. The SMILES string of the molecule is C[C@@H]1C[C@H](N)[C@H](COC2CCC(C(F)(F)F)CC2)N1. The molecule has 0 unspecified atom stereocenters. The fourth-order valence-electron chi connectivity index (χ4n) is 3.10. The zero-order chi connectivity index (χ0) is 14.0. The molecule has 3 nitrogen and oxygen atoms in total. The Bertz CT molecular complexity index is 290. The first-order valence-corrected chi connectivity index (χ1v) is 7.06. The molecule has 1 saturated carbocycles. The van der Waals surface area contributed by atoms with Crippen LogP contribution in [0.2, 0.25) is 0 Å². The Morgan fingerprint density at radius 1 is 1.21 bits per heavy atom. The molecule has 1 aliphatic carbocycles. The number of hydrogen-bond acceptors (Lipinski definition) is 3. The van der Waals surface area contributed by atoms with Crippen LogP contribution in [-0.4, -0.2) is 37.0 Å². The van der Waals surface area contributed by atoms with Crippen molar-refractivity contribution in [2.45, 2.75) is 69.4 Å². The monoisotopic (exact) mass is 280 g/mol. The number of hydrogen-bond donors (Lipinski definition) is 2. The zero-order valence-electron chi connectivity index (χ0n) is 11.2. The van der Waals surface area contributed by atoms with Crippen LogP contribution in [0.15, 0.2) is 0 Å². The Balaban J connectivity index is 1.69. The van der Waals surface area contributed by atoms with E-state index in [2.05, 4.69) is 12.2 Å². The van der Waals surface area contributed by atoms with E-state index < -0.39 is 12.1 Å². The van der Waals surface area contributed by atoms with Crippen molar-refractivity contribution in [2.24, 2.45) is 11.7 Å². The van der Waals surface area contributed by atoms with Crippen LogP contribution in [0.25, 0.3) is 0 Å². The predicted octanol–water partition coefficient (Wildman–Crippen LogP) is 2.20. The van der Waals surface area contributed by atoms with Crippen molar-refractivity contribution in [1.82, 2.24) is 5.32 Å². The van der Waals surface area contributed by atoms with Gasteiger partial charge in [-0.3, -0.25) is 0 Å². The van der Waals surface area contributed by atoms with E-state index in [0.29, 0.717) is 25.5 Å². The number of rotatable bonds is 3. The van der Waals surface area contributed by atoms with E-state index in [-0.39, 0.29) is 31.0 Å². The normalized spacial score (nSPS) is 40.6. The molecule has 0 aromatic rings. The van der Waals surface area contributed by atoms with Crippen molar-refractivity contribution < 1.29 is 17.9 Å². The van der Waals surface area contributed by atoms with Gasteiger partial charge in [-0.05, 0) is 39.0 Å². The molecule has 0 aromatic heterocycles. The molecule has 1 saturated heterocycles. The van der Waals surface area contributed by atoms with E-state index in [4.69, 9.17) is 10.5 Å². The van der Waals surface area contributed by atoms with E-state index >= 15 is 0 Å². The molecule has 3 atom stereocenters. The van der Waals surface area contributed by atoms with Crippen LogP contribution in [-0.2, 0) is 4.74 Å². The van der Waals surface area contributed by atoms with Gasteiger partial charge in [0.2, 0.25) is 0 Å². The summed E-state index contributed by atoms with van der Waals surface area (Å²) in [6.07, 6.45) is -1.78. The van der Waals surface area contributed by atoms with Gasteiger partial charge in [-0.15, -0.1) is 0 Å². The lowest BCUT2D eigenvalue weighted by atomic mass is 9.87. The zero-order valence-corrected chi connectivity index (χ0v) is 11.2. The molecule has 1 aliphatic heterocycles. The molecule has 112 valence electrons. The lowest BCUT2D eigenvalue weighted by molar-refractivity contribution is -0.187. The van der Waals surface area contributed by atoms with Gasteiger partial charge < -0.3 is 15.8 Å². The highest BCUT2D eigenvalue weighted by Crippen LogP contribution is 2.38. The van der Waals surface area contributed by atoms with Crippen LogP contribution in [0, 0.1) is 5.92 Å². The van der Waals surface area contributed by atoms with Crippen molar-refractivity contribution in [3.63, 3.8) is 0 Å². The minimum atomic E-state index is -4.05. The van der Waals surface area contributed by atoms with Gasteiger partial charge in [0.15, 0.2) is 0 Å². The molecule has 0 amide bonds. The Labute approximate surface area is 112 Å². The summed E-state index contributed by atoms with van der Waals surface area (Å²) in [5, 5.41) is 3.35. The lowest BCUT2D eigenvalue weighted by Gasteiger charge is -2.30. The highest BCUT2D eigenvalue weighted by molar-refractivity contribution is 4.91. The second kappa shape index (κ2) is 5.97. The Hall–Kier alpha value is -0.330. The van der Waals surface area contributed by atoms with Crippen molar-refractivity contribution in [2.75, 3.05) is 6.61 Å². The number of halogens is 3. The van der Waals surface area contributed by atoms with Gasteiger partial charge in [0.05, 0.1) is 18.6 Å². The van der Waals surface area contributed by atoms with E-state index in [0.717, 1.165) is 6.42 Å². The first-order chi connectivity index (χ1) is 8.86. The third-order valence-corrected chi connectivity index (χ3v) is 4.29. The molecule has 0 radical (unpaired) electrons. The van der Waals surface area contributed by atoms with Gasteiger partial charge in [-0.1, -0.05) is 0 Å². The Morgan fingerprint density at radius 3 is 2.32 bits per heavy atom. The third kappa shape index (κ3) is 4.07. The van der Waals surface area contributed by atoms with Gasteiger partial charge in [-0.25, -0.2) is 0 Å². The molecule has 6 heteroatoms. The molecule has 0 aromatic carbocycles. The molecule has 2 aliphatic rings. The van der Waals surface area contributed by atoms with Crippen LogP contribution in [0.1, 0.15) is 39.0 Å². The quantitative estimate of drug-likeness (QED) is 0.833. The summed E-state index contributed by atoms with van der Waals surface area (Å²) in [6.45, 7) is 2.58. The fraction of sp³-hybridized carbons (Fsp3) is 1.00. The summed E-state index contributed by atoms with van der Waals surface area (Å²) < 4.78 is 43.3. The molecular formula is C13H23F3N2O. The number of alkyl halides is 3. The predicted molar refractivity (Wildman–Crippen MR) is 66.7 cm³/mol. The average molecular weight is 280 g/mol. The largest absolute Gasteiger partial charge is 0.391 e. The van der Waals surface area contributed by atoms with Crippen molar-refractivity contribution >= 4 is 0 Å². The molecule has 19 heavy (non-hydrogen) atoms. The number of nitrogens with two attached hydrogens (primary N) is 1. The third-order valence-electron chi connectivity index (χ3n) is 4.29. The summed E-state index contributed by atoms with van der Waals surface area (Å²) in [7, 11) is 0. The average Bonchev–Trinajstić information content (AvgIpc) is 2.65. The summed E-state index contributed by atoms with van der Waals surface area (Å²) in [4.78, 5) is 0. The Kier molecular flexibility index (Phi) is 4.74. The van der Waals surface area contributed by atoms with Crippen molar-refractivity contribution in [3.8, 4) is 0 Å². The highest BCUT2D eigenvalue weighted by atomic mass is 19.4. The molecule has 3 N–H and O–H groups in total. The van der Waals surface area contributed by atoms with Crippen LogP contribution < -0.4 is 11.1 Å². The first kappa shape index (κ1) is 15.1. The van der Waals surface area contributed by atoms with E-state index in [1.807, 2.05) is 0 Å².